The van der Waals surface area contributed by atoms with Gasteiger partial charge in [0.25, 0.3) is 10.0 Å². The molecule has 1 aromatic heterocycles. The Morgan fingerprint density at radius 2 is 1.76 bits per heavy atom. The third kappa shape index (κ3) is 2.32. The SMILES string of the molecule is Cc1ccc(S(=O)(=O)n2ncc3cc(Cl)c(C)cc32)cc1. The fourth-order valence-electron chi connectivity index (χ4n) is 2.13. The van der Waals surface area contributed by atoms with E-state index in [1.807, 2.05) is 13.8 Å². The minimum Gasteiger partial charge on any atom is -0.199 e. The van der Waals surface area contributed by atoms with E-state index < -0.39 is 10.0 Å². The number of hydrogen-bond donors (Lipinski definition) is 0. The normalized spacial score (nSPS) is 12.0. The van der Waals surface area contributed by atoms with Gasteiger partial charge in [0.05, 0.1) is 16.6 Å². The average molecular weight is 321 g/mol. The van der Waals surface area contributed by atoms with Crippen LogP contribution in [0.1, 0.15) is 11.1 Å². The minimum absolute atomic E-state index is 0.214. The molecule has 3 aromatic rings. The molecule has 2 aromatic carbocycles. The van der Waals surface area contributed by atoms with Crippen LogP contribution in [0.4, 0.5) is 0 Å². The van der Waals surface area contributed by atoms with Gasteiger partial charge >= 0.3 is 0 Å². The van der Waals surface area contributed by atoms with Gasteiger partial charge in [0.2, 0.25) is 0 Å². The first-order chi connectivity index (χ1) is 9.89. The fraction of sp³-hybridized carbons (Fsp3) is 0.133. The van der Waals surface area contributed by atoms with E-state index in [4.69, 9.17) is 11.6 Å². The molecule has 0 aliphatic carbocycles. The van der Waals surface area contributed by atoms with Crippen molar-refractivity contribution in [1.29, 1.82) is 0 Å². The lowest BCUT2D eigenvalue weighted by atomic mass is 10.2. The highest BCUT2D eigenvalue weighted by Crippen LogP contribution is 2.26. The van der Waals surface area contributed by atoms with E-state index in [1.165, 1.54) is 6.20 Å². The van der Waals surface area contributed by atoms with Crippen molar-refractivity contribution in [2.45, 2.75) is 18.7 Å². The maximum Gasteiger partial charge on any atom is 0.283 e. The second-order valence-corrected chi connectivity index (χ2v) is 7.14. The molecule has 6 heteroatoms. The number of fused-ring (bicyclic) bond motifs is 1. The third-order valence-corrected chi connectivity index (χ3v) is 5.38. The highest BCUT2D eigenvalue weighted by atomic mass is 35.5. The molecule has 0 aliphatic rings. The number of nitrogens with zero attached hydrogens (tertiary/aromatic N) is 2. The Morgan fingerprint density at radius 1 is 1.10 bits per heavy atom. The number of hydrogen-bond acceptors (Lipinski definition) is 3. The van der Waals surface area contributed by atoms with Gasteiger partial charge in [-0.3, -0.25) is 0 Å². The van der Waals surface area contributed by atoms with Gasteiger partial charge < -0.3 is 0 Å². The Bertz CT molecular complexity index is 928. The lowest BCUT2D eigenvalue weighted by Crippen LogP contribution is -2.14. The summed E-state index contributed by atoms with van der Waals surface area (Å²) >= 11 is 6.06. The van der Waals surface area contributed by atoms with E-state index >= 15 is 0 Å². The summed E-state index contributed by atoms with van der Waals surface area (Å²) in [7, 11) is -3.71. The Kier molecular flexibility index (Phi) is 3.26. The Morgan fingerprint density at radius 3 is 2.43 bits per heavy atom. The number of aryl methyl sites for hydroxylation is 2. The van der Waals surface area contributed by atoms with Crippen molar-refractivity contribution in [2.24, 2.45) is 0 Å². The Labute approximate surface area is 128 Å². The molecule has 3 rings (SSSR count). The van der Waals surface area contributed by atoms with Gasteiger partial charge in [0.15, 0.2) is 0 Å². The molecule has 1 heterocycles. The van der Waals surface area contributed by atoms with Gasteiger partial charge in [-0.1, -0.05) is 29.3 Å². The van der Waals surface area contributed by atoms with Crippen LogP contribution < -0.4 is 0 Å². The van der Waals surface area contributed by atoms with Crippen LogP contribution in [-0.2, 0) is 10.0 Å². The van der Waals surface area contributed by atoms with E-state index in [9.17, 15) is 8.42 Å². The summed E-state index contributed by atoms with van der Waals surface area (Å²) in [6.45, 7) is 3.74. The van der Waals surface area contributed by atoms with Gasteiger partial charge in [-0.25, -0.2) is 0 Å². The summed E-state index contributed by atoms with van der Waals surface area (Å²) in [5, 5.41) is 5.31. The molecule has 21 heavy (non-hydrogen) atoms. The van der Waals surface area contributed by atoms with Crippen molar-refractivity contribution in [1.82, 2.24) is 9.19 Å². The van der Waals surface area contributed by atoms with Gasteiger partial charge in [0.1, 0.15) is 0 Å². The van der Waals surface area contributed by atoms with E-state index in [1.54, 1.807) is 36.4 Å². The second kappa shape index (κ2) is 4.86. The van der Waals surface area contributed by atoms with Crippen LogP contribution >= 0.6 is 11.6 Å². The molecular weight excluding hydrogens is 308 g/mol. The molecule has 0 bridgehead atoms. The average Bonchev–Trinajstić information content (AvgIpc) is 2.83. The van der Waals surface area contributed by atoms with Crippen molar-refractivity contribution in [3.63, 3.8) is 0 Å². The topological polar surface area (TPSA) is 52.0 Å². The maximum atomic E-state index is 12.7. The van der Waals surface area contributed by atoms with Crippen LogP contribution in [0, 0.1) is 13.8 Å². The molecule has 0 saturated heterocycles. The summed E-state index contributed by atoms with van der Waals surface area (Å²) in [6, 6.07) is 10.2. The zero-order chi connectivity index (χ0) is 15.2. The maximum absolute atomic E-state index is 12.7. The molecule has 4 nitrogen and oxygen atoms in total. The van der Waals surface area contributed by atoms with Crippen LogP contribution in [0.25, 0.3) is 10.9 Å². The third-order valence-electron chi connectivity index (χ3n) is 3.36. The van der Waals surface area contributed by atoms with Crippen molar-refractivity contribution < 1.29 is 8.42 Å². The molecule has 0 saturated carbocycles. The van der Waals surface area contributed by atoms with E-state index in [0.29, 0.717) is 15.9 Å². The summed E-state index contributed by atoms with van der Waals surface area (Å²) in [4.78, 5) is 0.214. The quantitative estimate of drug-likeness (QED) is 0.725. The van der Waals surface area contributed by atoms with Crippen molar-refractivity contribution in [2.75, 3.05) is 0 Å². The first-order valence-corrected chi connectivity index (χ1v) is 8.17. The summed E-state index contributed by atoms with van der Waals surface area (Å²) in [5.74, 6) is 0. The van der Waals surface area contributed by atoms with Gasteiger partial charge in [-0.2, -0.15) is 17.6 Å². The van der Waals surface area contributed by atoms with Crippen molar-refractivity contribution in [3.05, 3.63) is 58.7 Å². The van der Waals surface area contributed by atoms with Crippen molar-refractivity contribution in [3.8, 4) is 0 Å². The molecule has 0 fully saturated rings. The summed E-state index contributed by atoms with van der Waals surface area (Å²) < 4.78 is 26.4. The molecule has 0 radical (unpaired) electrons. The van der Waals surface area contributed by atoms with Crippen LogP contribution in [0.2, 0.25) is 5.02 Å². The number of halogens is 1. The molecule has 0 unspecified atom stereocenters. The highest BCUT2D eigenvalue weighted by Gasteiger charge is 2.20. The number of aromatic nitrogens is 2. The molecule has 0 atom stereocenters. The first kappa shape index (κ1) is 14.1. The van der Waals surface area contributed by atoms with Crippen LogP contribution in [0.3, 0.4) is 0 Å². The van der Waals surface area contributed by atoms with Gasteiger partial charge in [-0.05, 0) is 43.7 Å². The monoisotopic (exact) mass is 320 g/mol. The zero-order valence-corrected chi connectivity index (χ0v) is 13.1. The molecule has 108 valence electrons. The molecule has 0 spiro atoms. The molecule has 0 aliphatic heterocycles. The second-order valence-electron chi connectivity index (χ2n) is 4.97. The van der Waals surface area contributed by atoms with E-state index in [0.717, 1.165) is 15.2 Å². The van der Waals surface area contributed by atoms with E-state index in [2.05, 4.69) is 5.10 Å². The standard InChI is InChI=1S/C15H13ClN2O2S/c1-10-3-5-13(6-4-10)21(19,20)18-15-7-11(2)14(16)8-12(15)9-17-18/h3-9H,1-2H3. The predicted octanol–water partition coefficient (Wildman–Crippen LogP) is 3.54. The number of rotatable bonds is 2. The smallest absolute Gasteiger partial charge is 0.199 e. The first-order valence-electron chi connectivity index (χ1n) is 6.36. The van der Waals surface area contributed by atoms with E-state index in [-0.39, 0.29) is 4.90 Å². The minimum atomic E-state index is -3.71. The molecule has 0 N–H and O–H groups in total. The van der Waals surface area contributed by atoms with Gasteiger partial charge in [-0.15, -0.1) is 0 Å². The summed E-state index contributed by atoms with van der Waals surface area (Å²) in [6.07, 6.45) is 1.51. The Hall–Kier alpha value is -1.85. The number of benzene rings is 2. The van der Waals surface area contributed by atoms with Gasteiger partial charge in [0, 0.05) is 10.4 Å². The zero-order valence-electron chi connectivity index (χ0n) is 11.5. The lowest BCUT2D eigenvalue weighted by molar-refractivity contribution is 0.582. The summed E-state index contributed by atoms with van der Waals surface area (Å²) in [5.41, 5.74) is 2.34. The lowest BCUT2D eigenvalue weighted by Gasteiger charge is -2.07. The van der Waals surface area contributed by atoms with Crippen molar-refractivity contribution >= 4 is 32.5 Å². The van der Waals surface area contributed by atoms with Crippen LogP contribution in [0.15, 0.2) is 47.5 Å². The fourth-order valence-corrected chi connectivity index (χ4v) is 3.57. The molecule has 0 amide bonds. The van der Waals surface area contributed by atoms with Crippen LogP contribution in [-0.4, -0.2) is 17.6 Å². The Balaban J connectivity index is 2.24. The molecular formula is C15H13ClN2O2S. The van der Waals surface area contributed by atoms with Crippen LogP contribution in [0.5, 0.6) is 0 Å². The highest BCUT2D eigenvalue weighted by molar-refractivity contribution is 7.90. The largest absolute Gasteiger partial charge is 0.283 e. The predicted molar refractivity (Wildman–Crippen MR) is 83.2 cm³/mol.